The molecule has 7 heteroatoms. The van der Waals surface area contributed by atoms with E-state index in [1.165, 1.54) is 23.9 Å². The van der Waals surface area contributed by atoms with Gasteiger partial charge in [0.05, 0.1) is 5.75 Å². The van der Waals surface area contributed by atoms with Crippen LogP contribution in [-0.4, -0.2) is 35.1 Å². The summed E-state index contributed by atoms with van der Waals surface area (Å²) in [5, 5.41) is 3.43. The van der Waals surface area contributed by atoms with Crippen molar-refractivity contribution in [2.24, 2.45) is 0 Å². The lowest BCUT2D eigenvalue weighted by atomic mass is 10.1. The molecule has 2 rings (SSSR count). The van der Waals surface area contributed by atoms with Crippen molar-refractivity contribution in [1.29, 1.82) is 0 Å². The number of rotatable bonds is 9. The monoisotopic (exact) mass is 422 g/mol. The van der Waals surface area contributed by atoms with Gasteiger partial charge in [0.1, 0.15) is 11.9 Å². The Morgan fingerprint density at radius 3 is 2.32 bits per heavy atom. The number of benzene rings is 2. The lowest BCUT2D eigenvalue weighted by molar-refractivity contribution is -0.139. The summed E-state index contributed by atoms with van der Waals surface area (Å²) in [4.78, 5) is 28.0. The van der Waals surface area contributed by atoms with Crippen LogP contribution in [0.25, 0.3) is 0 Å². The topological polar surface area (TPSA) is 49.4 Å². The van der Waals surface area contributed by atoms with Gasteiger partial charge >= 0.3 is 0 Å². The highest BCUT2D eigenvalue weighted by molar-refractivity contribution is 8.00. The number of carbonyl (C=O) groups is 2. The van der Waals surface area contributed by atoms with Crippen molar-refractivity contribution in [2.45, 2.75) is 37.8 Å². The first-order valence-electron chi connectivity index (χ1n) is 9.14. The van der Waals surface area contributed by atoms with Crippen molar-refractivity contribution in [3.8, 4) is 0 Å². The van der Waals surface area contributed by atoms with Gasteiger partial charge in [0.2, 0.25) is 11.8 Å². The highest BCUT2D eigenvalue weighted by atomic mass is 35.5. The van der Waals surface area contributed by atoms with Gasteiger partial charge in [0.15, 0.2) is 0 Å². The third-order valence-corrected chi connectivity index (χ3v) is 5.43. The van der Waals surface area contributed by atoms with Crippen LogP contribution in [-0.2, 0) is 16.1 Å². The molecule has 1 unspecified atom stereocenters. The maximum absolute atomic E-state index is 13.2. The lowest BCUT2D eigenvalue weighted by Crippen LogP contribution is -2.49. The van der Waals surface area contributed by atoms with Crippen LogP contribution in [0.15, 0.2) is 53.4 Å². The summed E-state index contributed by atoms with van der Waals surface area (Å²) in [6, 6.07) is 12.6. The van der Waals surface area contributed by atoms with E-state index in [-0.39, 0.29) is 29.9 Å². The van der Waals surface area contributed by atoms with Gasteiger partial charge in [-0.05, 0) is 55.3 Å². The number of nitrogens with one attached hydrogen (secondary N) is 1. The summed E-state index contributed by atoms with van der Waals surface area (Å²) >= 11 is 7.29. The summed E-state index contributed by atoms with van der Waals surface area (Å²) < 4.78 is 13.2. The third kappa shape index (κ3) is 6.53. The van der Waals surface area contributed by atoms with E-state index in [9.17, 15) is 14.0 Å². The quantitative estimate of drug-likeness (QED) is 0.604. The maximum Gasteiger partial charge on any atom is 0.242 e. The fourth-order valence-corrected chi connectivity index (χ4v) is 3.67. The predicted molar refractivity (Wildman–Crippen MR) is 112 cm³/mol. The Hall–Kier alpha value is -2.05. The maximum atomic E-state index is 13.2. The van der Waals surface area contributed by atoms with Gasteiger partial charge in [-0.15, -0.1) is 11.8 Å². The van der Waals surface area contributed by atoms with Crippen LogP contribution >= 0.6 is 23.4 Å². The first-order valence-corrected chi connectivity index (χ1v) is 10.5. The molecule has 0 saturated heterocycles. The molecule has 1 atom stereocenters. The first-order chi connectivity index (χ1) is 13.4. The molecule has 2 aromatic carbocycles. The molecule has 0 heterocycles. The molecule has 2 amide bonds. The van der Waals surface area contributed by atoms with Crippen molar-refractivity contribution in [2.75, 3.05) is 12.3 Å². The van der Waals surface area contributed by atoms with Crippen molar-refractivity contribution in [3.05, 3.63) is 64.9 Å². The molecule has 0 radical (unpaired) electrons. The zero-order chi connectivity index (χ0) is 20.5. The van der Waals surface area contributed by atoms with Gasteiger partial charge in [-0.1, -0.05) is 30.7 Å². The molecule has 0 aliphatic heterocycles. The largest absolute Gasteiger partial charge is 0.355 e. The fraction of sp³-hybridized carbons (Fsp3) is 0.333. The first kappa shape index (κ1) is 22.2. The normalized spacial score (nSPS) is 11.7. The van der Waals surface area contributed by atoms with Gasteiger partial charge in [-0.2, -0.15) is 0 Å². The van der Waals surface area contributed by atoms with Crippen LogP contribution in [0.1, 0.15) is 25.8 Å². The molecular formula is C21H24ClFN2O2S. The smallest absolute Gasteiger partial charge is 0.242 e. The van der Waals surface area contributed by atoms with E-state index in [1.807, 2.05) is 26.0 Å². The molecule has 2 aromatic rings. The molecule has 0 saturated carbocycles. The molecule has 4 nitrogen and oxygen atoms in total. The summed E-state index contributed by atoms with van der Waals surface area (Å²) in [5.74, 6) is -0.478. The van der Waals surface area contributed by atoms with E-state index in [0.717, 1.165) is 10.5 Å². The van der Waals surface area contributed by atoms with E-state index >= 15 is 0 Å². The molecular weight excluding hydrogens is 399 g/mol. The number of hydrogen-bond donors (Lipinski definition) is 1. The number of carbonyl (C=O) groups excluding carboxylic acids is 2. The minimum absolute atomic E-state index is 0.151. The molecule has 0 bridgehead atoms. The van der Waals surface area contributed by atoms with Crippen LogP contribution in [0.5, 0.6) is 0 Å². The average molecular weight is 423 g/mol. The number of amides is 2. The van der Waals surface area contributed by atoms with Crippen molar-refractivity contribution in [1.82, 2.24) is 10.2 Å². The summed E-state index contributed by atoms with van der Waals surface area (Å²) in [5.41, 5.74) is 0.772. The number of hydrogen-bond acceptors (Lipinski definition) is 3. The Bertz CT molecular complexity index is 784. The predicted octanol–water partition coefficient (Wildman–Crippen LogP) is 4.51. The Labute approximate surface area is 174 Å². The number of likely N-dealkylation sites (N-methyl/N-ethyl adjacent to an activating group) is 1. The second-order valence-electron chi connectivity index (χ2n) is 6.21. The van der Waals surface area contributed by atoms with Gasteiger partial charge in [0.25, 0.3) is 0 Å². The molecule has 1 N–H and O–H groups in total. The minimum Gasteiger partial charge on any atom is -0.355 e. The van der Waals surface area contributed by atoms with Gasteiger partial charge < -0.3 is 10.2 Å². The van der Waals surface area contributed by atoms with Gasteiger partial charge in [-0.3, -0.25) is 9.59 Å². The molecule has 0 fully saturated rings. The fourth-order valence-electron chi connectivity index (χ4n) is 2.76. The molecule has 0 aliphatic rings. The highest BCUT2D eigenvalue weighted by Gasteiger charge is 2.28. The Balaban J connectivity index is 2.16. The second-order valence-corrected chi connectivity index (χ2v) is 7.69. The summed E-state index contributed by atoms with van der Waals surface area (Å²) in [7, 11) is 0. The van der Waals surface area contributed by atoms with Crippen LogP contribution in [0.3, 0.4) is 0 Å². The zero-order valence-electron chi connectivity index (χ0n) is 16.0. The van der Waals surface area contributed by atoms with Crippen molar-refractivity contribution < 1.29 is 14.0 Å². The van der Waals surface area contributed by atoms with Crippen LogP contribution in [0.2, 0.25) is 5.02 Å². The standard InChI is InChI=1S/C21H24ClFN2O2S/c1-3-19(21(27)24-4-2)25(13-15-5-9-17(23)10-6-15)20(26)14-28-18-11-7-16(22)8-12-18/h5-12,19H,3-4,13-14H2,1-2H3,(H,24,27). The Morgan fingerprint density at radius 1 is 1.11 bits per heavy atom. The van der Waals surface area contributed by atoms with Crippen LogP contribution < -0.4 is 5.32 Å². The Morgan fingerprint density at radius 2 is 1.75 bits per heavy atom. The minimum atomic E-state index is -0.580. The number of thioether (sulfide) groups is 1. The van der Waals surface area contributed by atoms with E-state index in [1.54, 1.807) is 29.2 Å². The molecule has 150 valence electrons. The van der Waals surface area contributed by atoms with Crippen molar-refractivity contribution >= 4 is 35.2 Å². The zero-order valence-corrected chi connectivity index (χ0v) is 17.5. The molecule has 0 spiro atoms. The molecule has 0 aliphatic carbocycles. The third-order valence-electron chi connectivity index (χ3n) is 4.18. The number of halogens is 2. The molecule has 0 aromatic heterocycles. The number of nitrogens with zero attached hydrogens (tertiary/aromatic N) is 1. The van der Waals surface area contributed by atoms with E-state index in [4.69, 9.17) is 11.6 Å². The molecule has 28 heavy (non-hydrogen) atoms. The average Bonchev–Trinajstić information content (AvgIpc) is 2.69. The van der Waals surface area contributed by atoms with Gasteiger partial charge in [-0.25, -0.2) is 4.39 Å². The van der Waals surface area contributed by atoms with Crippen LogP contribution in [0, 0.1) is 5.82 Å². The van der Waals surface area contributed by atoms with Crippen molar-refractivity contribution in [3.63, 3.8) is 0 Å². The second kappa shape index (κ2) is 11.1. The highest BCUT2D eigenvalue weighted by Crippen LogP contribution is 2.22. The van der Waals surface area contributed by atoms with Gasteiger partial charge in [0, 0.05) is 23.0 Å². The summed E-state index contributed by atoms with van der Waals surface area (Å²) in [6.07, 6.45) is 0.490. The lowest BCUT2D eigenvalue weighted by Gasteiger charge is -2.30. The van der Waals surface area contributed by atoms with Crippen LogP contribution in [0.4, 0.5) is 4.39 Å². The van der Waals surface area contributed by atoms with E-state index < -0.39 is 6.04 Å². The van der Waals surface area contributed by atoms with E-state index in [0.29, 0.717) is 18.0 Å². The SMILES string of the molecule is CCNC(=O)C(CC)N(Cc1ccc(F)cc1)C(=O)CSc1ccc(Cl)cc1. The Kier molecular flexibility index (Phi) is 8.80. The van der Waals surface area contributed by atoms with E-state index in [2.05, 4.69) is 5.32 Å². The summed E-state index contributed by atoms with van der Waals surface area (Å²) in [6.45, 7) is 4.45.